The molecule has 4 rings (SSSR count). The molecule has 0 radical (unpaired) electrons. The van der Waals surface area contributed by atoms with Gasteiger partial charge in [0.05, 0.1) is 23.9 Å². The number of fused-ring (bicyclic) bond motifs is 1. The number of rotatable bonds is 7. The van der Waals surface area contributed by atoms with E-state index in [2.05, 4.69) is 17.2 Å². The van der Waals surface area contributed by atoms with E-state index in [0.29, 0.717) is 22.4 Å². The second-order valence-electron chi connectivity index (χ2n) is 7.60. The van der Waals surface area contributed by atoms with Crippen LogP contribution in [0.4, 0.5) is 4.79 Å². The van der Waals surface area contributed by atoms with Crippen molar-refractivity contribution in [3.05, 3.63) is 89.1 Å². The Morgan fingerprint density at radius 3 is 2.35 bits per heavy atom. The van der Waals surface area contributed by atoms with Gasteiger partial charge >= 0.3 is 18.0 Å². The first-order chi connectivity index (χ1) is 16.4. The average Bonchev–Trinajstić information content (AvgIpc) is 3.08. The molecule has 0 saturated heterocycles. The Morgan fingerprint density at radius 1 is 1.00 bits per heavy atom. The van der Waals surface area contributed by atoms with Crippen molar-refractivity contribution in [1.82, 2.24) is 15.5 Å². The minimum Gasteiger partial charge on any atom is -0.463 e. The van der Waals surface area contributed by atoms with Crippen LogP contribution in [0.2, 0.25) is 0 Å². The van der Waals surface area contributed by atoms with Gasteiger partial charge in [0.2, 0.25) is 0 Å². The third-order valence-electron chi connectivity index (χ3n) is 5.49. The van der Waals surface area contributed by atoms with Crippen LogP contribution in [0.1, 0.15) is 34.5 Å². The summed E-state index contributed by atoms with van der Waals surface area (Å²) in [6.45, 7) is 4.96. The number of hydrogen-bond acceptors (Lipinski definition) is 6. The molecule has 174 valence electrons. The average molecular weight is 461 g/mol. The number of urea groups is 1. The van der Waals surface area contributed by atoms with Crippen LogP contribution in [0.15, 0.2) is 72.4 Å². The molecule has 0 fully saturated rings. The molecule has 9 heteroatoms. The summed E-state index contributed by atoms with van der Waals surface area (Å²) in [6.07, 6.45) is 0. The summed E-state index contributed by atoms with van der Waals surface area (Å²) in [7, 11) is 0. The second kappa shape index (κ2) is 9.62. The number of amides is 3. The largest absolute Gasteiger partial charge is 0.463 e. The summed E-state index contributed by atoms with van der Waals surface area (Å²) >= 11 is 0. The first-order valence-corrected chi connectivity index (χ1v) is 10.7. The van der Waals surface area contributed by atoms with Crippen LogP contribution in [-0.4, -0.2) is 48.5 Å². The highest BCUT2D eigenvalue weighted by molar-refractivity contribution is 6.10. The number of benzene rings is 2. The summed E-state index contributed by atoms with van der Waals surface area (Å²) in [6, 6.07) is 14.5. The van der Waals surface area contributed by atoms with Crippen LogP contribution in [0, 0.1) is 0 Å². The molecule has 0 bridgehead atoms. The van der Waals surface area contributed by atoms with E-state index in [4.69, 9.17) is 9.47 Å². The maximum Gasteiger partial charge on any atom is 0.338 e. The molecule has 0 aliphatic carbocycles. The normalized spacial score (nSPS) is 17.1. The highest BCUT2D eigenvalue weighted by atomic mass is 16.5. The Kier molecular flexibility index (Phi) is 6.44. The van der Waals surface area contributed by atoms with Crippen LogP contribution in [0.25, 0.3) is 5.70 Å². The van der Waals surface area contributed by atoms with Gasteiger partial charge < -0.3 is 20.1 Å². The third-order valence-corrected chi connectivity index (χ3v) is 5.49. The third kappa shape index (κ3) is 4.40. The topological polar surface area (TPSA) is 114 Å². The molecule has 0 saturated carbocycles. The molecule has 2 aromatic rings. The van der Waals surface area contributed by atoms with Crippen LogP contribution >= 0.6 is 0 Å². The summed E-state index contributed by atoms with van der Waals surface area (Å²) in [5.41, 5.74) is 2.44. The molecular weight excluding hydrogens is 438 g/mol. The fourth-order valence-corrected chi connectivity index (χ4v) is 3.91. The van der Waals surface area contributed by atoms with Crippen LogP contribution in [-0.2, 0) is 19.1 Å². The predicted octanol–water partition coefficient (Wildman–Crippen LogP) is 2.53. The van der Waals surface area contributed by atoms with Gasteiger partial charge in [0.15, 0.2) is 0 Å². The Bertz CT molecular complexity index is 1170. The van der Waals surface area contributed by atoms with E-state index < -0.39 is 24.0 Å². The molecule has 3 amide bonds. The van der Waals surface area contributed by atoms with Crippen LogP contribution < -0.4 is 10.6 Å². The van der Waals surface area contributed by atoms with Gasteiger partial charge in [0.25, 0.3) is 5.91 Å². The van der Waals surface area contributed by atoms with E-state index in [1.165, 1.54) is 4.90 Å². The monoisotopic (exact) mass is 461 g/mol. The van der Waals surface area contributed by atoms with Crippen molar-refractivity contribution in [3.63, 3.8) is 0 Å². The van der Waals surface area contributed by atoms with Gasteiger partial charge in [0.1, 0.15) is 13.2 Å². The molecule has 0 aromatic heterocycles. The number of hydrogen-bond donors (Lipinski definition) is 2. The highest BCUT2D eigenvalue weighted by Crippen LogP contribution is 2.31. The SMILES string of the molecule is C=C1c2ccccc2C(=O)N1CC(=O)OCC1=C(C(=O)OCC)C(c2ccccc2)NC(=O)N1. The Labute approximate surface area is 196 Å². The van der Waals surface area contributed by atoms with Gasteiger partial charge in [-0.15, -0.1) is 0 Å². The summed E-state index contributed by atoms with van der Waals surface area (Å²) < 4.78 is 10.5. The molecule has 2 N–H and O–H groups in total. The smallest absolute Gasteiger partial charge is 0.338 e. The number of nitrogens with zero attached hydrogens (tertiary/aromatic N) is 1. The molecule has 1 unspecified atom stereocenters. The van der Waals surface area contributed by atoms with E-state index in [0.717, 1.165) is 0 Å². The van der Waals surface area contributed by atoms with Gasteiger partial charge in [-0.2, -0.15) is 0 Å². The number of ether oxygens (including phenoxy) is 2. The zero-order valence-corrected chi connectivity index (χ0v) is 18.5. The van der Waals surface area contributed by atoms with Crippen molar-refractivity contribution in [3.8, 4) is 0 Å². The van der Waals surface area contributed by atoms with Crippen molar-refractivity contribution in [2.45, 2.75) is 13.0 Å². The lowest BCUT2D eigenvalue weighted by molar-refractivity contribution is -0.143. The first kappa shape index (κ1) is 22.8. The lowest BCUT2D eigenvalue weighted by atomic mass is 9.95. The number of nitrogens with one attached hydrogen (secondary N) is 2. The molecule has 9 nitrogen and oxygen atoms in total. The molecule has 2 aromatic carbocycles. The first-order valence-electron chi connectivity index (χ1n) is 10.7. The van der Waals surface area contributed by atoms with Crippen LogP contribution in [0.3, 0.4) is 0 Å². The molecule has 0 spiro atoms. The quantitative estimate of drug-likeness (QED) is 0.613. The van der Waals surface area contributed by atoms with Gasteiger partial charge in [-0.3, -0.25) is 14.5 Å². The van der Waals surface area contributed by atoms with Crippen molar-refractivity contribution in [2.75, 3.05) is 19.8 Å². The van der Waals surface area contributed by atoms with Crippen molar-refractivity contribution in [1.29, 1.82) is 0 Å². The summed E-state index contributed by atoms with van der Waals surface area (Å²) in [5.74, 6) is -1.71. The summed E-state index contributed by atoms with van der Waals surface area (Å²) in [4.78, 5) is 51.5. The van der Waals surface area contributed by atoms with Gasteiger partial charge in [0, 0.05) is 16.8 Å². The summed E-state index contributed by atoms with van der Waals surface area (Å²) in [5, 5.41) is 5.25. The molecule has 2 aliphatic heterocycles. The van der Waals surface area contributed by atoms with Crippen molar-refractivity contribution < 1.29 is 28.7 Å². The molecule has 2 heterocycles. The van der Waals surface area contributed by atoms with E-state index in [1.54, 1.807) is 55.5 Å². The molecule has 2 aliphatic rings. The Morgan fingerprint density at radius 2 is 1.68 bits per heavy atom. The minimum absolute atomic E-state index is 0.110. The van der Waals surface area contributed by atoms with E-state index in [9.17, 15) is 19.2 Å². The molecule has 1 atom stereocenters. The standard InChI is InChI=1S/C25H23N3O6/c1-3-33-24(31)21-19(26-25(32)27-22(21)16-9-5-4-6-10-16)14-34-20(29)13-28-15(2)17-11-7-8-12-18(17)23(28)30/h4-12,22H,2-3,13-14H2,1H3,(H2,26,27,32). The lowest BCUT2D eigenvalue weighted by Gasteiger charge is -2.29. The predicted molar refractivity (Wildman–Crippen MR) is 122 cm³/mol. The Balaban J connectivity index is 1.53. The second-order valence-corrected chi connectivity index (χ2v) is 7.60. The number of carbonyl (C=O) groups is 4. The fourth-order valence-electron chi connectivity index (χ4n) is 3.91. The van der Waals surface area contributed by atoms with E-state index >= 15 is 0 Å². The van der Waals surface area contributed by atoms with E-state index in [1.807, 2.05) is 6.07 Å². The van der Waals surface area contributed by atoms with Gasteiger partial charge in [-0.1, -0.05) is 55.1 Å². The van der Waals surface area contributed by atoms with Crippen LogP contribution in [0.5, 0.6) is 0 Å². The molecule has 34 heavy (non-hydrogen) atoms. The maximum absolute atomic E-state index is 12.8. The Hall–Kier alpha value is -4.40. The minimum atomic E-state index is -0.780. The van der Waals surface area contributed by atoms with Gasteiger partial charge in [-0.05, 0) is 18.6 Å². The number of esters is 2. The van der Waals surface area contributed by atoms with Gasteiger partial charge in [-0.25, -0.2) is 9.59 Å². The fraction of sp³-hybridized carbons (Fsp3) is 0.200. The maximum atomic E-state index is 12.8. The molecular formula is C25H23N3O6. The lowest BCUT2D eigenvalue weighted by Crippen LogP contribution is -2.47. The highest BCUT2D eigenvalue weighted by Gasteiger charge is 2.35. The van der Waals surface area contributed by atoms with E-state index in [-0.39, 0.29) is 36.9 Å². The zero-order chi connectivity index (χ0) is 24.2. The van der Waals surface area contributed by atoms with Crippen molar-refractivity contribution in [2.24, 2.45) is 0 Å². The van der Waals surface area contributed by atoms with Crippen molar-refractivity contribution >= 4 is 29.6 Å². The number of carbonyl (C=O) groups excluding carboxylic acids is 4. The zero-order valence-electron chi connectivity index (χ0n) is 18.5.